The minimum atomic E-state index is -0.265. The molecule has 0 aliphatic rings. The van der Waals surface area contributed by atoms with E-state index in [0.29, 0.717) is 29.5 Å². The van der Waals surface area contributed by atoms with Crippen LogP contribution in [0.3, 0.4) is 0 Å². The molecule has 1 heterocycles. The minimum absolute atomic E-state index is 0.265. The number of aromatic nitrogens is 1. The van der Waals surface area contributed by atoms with Gasteiger partial charge in [0.15, 0.2) is 11.8 Å². The lowest BCUT2D eigenvalue weighted by molar-refractivity contribution is 0.391. The van der Waals surface area contributed by atoms with Gasteiger partial charge in [-0.2, -0.15) is 4.99 Å². The highest BCUT2D eigenvalue weighted by Gasteiger charge is 2.09. The maximum atomic E-state index is 14.4. The predicted molar refractivity (Wildman–Crippen MR) is 96.1 cm³/mol. The molecule has 25 heavy (non-hydrogen) atoms. The molecule has 0 radical (unpaired) electrons. The SMILES string of the molecule is CN(C)C(N)=Nc1cc(Cc2ccc(-c3ccccc3)c(F)c2)on1. The van der Waals surface area contributed by atoms with Crippen LogP contribution in [0.5, 0.6) is 0 Å². The molecular formula is C19H19FN4O. The van der Waals surface area contributed by atoms with Crippen LogP contribution in [0.2, 0.25) is 0 Å². The third kappa shape index (κ3) is 4.03. The van der Waals surface area contributed by atoms with Crippen LogP contribution in [0.15, 0.2) is 64.1 Å². The van der Waals surface area contributed by atoms with Crippen LogP contribution in [0.4, 0.5) is 10.2 Å². The van der Waals surface area contributed by atoms with Gasteiger partial charge in [0.2, 0.25) is 0 Å². The van der Waals surface area contributed by atoms with Crippen LogP contribution in [0, 0.1) is 5.82 Å². The monoisotopic (exact) mass is 338 g/mol. The average molecular weight is 338 g/mol. The molecule has 0 saturated carbocycles. The molecule has 3 rings (SSSR count). The van der Waals surface area contributed by atoms with Crippen LogP contribution in [0.1, 0.15) is 11.3 Å². The van der Waals surface area contributed by atoms with Gasteiger partial charge in [-0.05, 0) is 17.2 Å². The van der Waals surface area contributed by atoms with Gasteiger partial charge in [0, 0.05) is 32.1 Å². The molecule has 1 aromatic heterocycles. The van der Waals surface area contributed by atoms with Gasteiger partial charge in [0.1, 0.15) is 11.6 Å². The zero-order valence-electron chi connectivity index (χ0n) is 14.1. The van der Waals surface area contributed by atoms with E-state index in [0.717, 1.165) is 11.1 Å². The molecule has 0 aliphatic carbocycles. The summed E-state index contributed by atoms with van der Waals surface area (Å²) in [6.07, 6.45) is 0.427. The first-order valence-electron chi connectivity index (χ1n) is 7.84. The second kappa shape index (κ2) is 7.17. The van der Waals surface area contributed by atoms with Crippen molar-refractivity contribution in [3.05, 3.63) is 71.7 Å². The third-order valence-corrected chi connectivity index (χ3v) is 3.73. The Balaban J connectivity index is 1.77. The van der Waals surface area contributed by atoms with Crippen molar-refractivity contribution in [2.75, 3.05) is 14.1 Å². The summed E-state index contributed by atoms with van der Waals surface area (Å²) in [5, 5.41) is 3.86. The Morgan fingerprint density at radius 2 is 1.92 bits per heavy atom. The number of aliphatic imine (C=N–C) groups is 1. The first-order chi connectivity index (χ1) is 12.0. The topological polar surface area (TPSA) is 67.7 Å². The molecule has 0 bridgehead atoms. The number of halogens is 1. The van der Waals surface area contributed by atoms with E-state index >= 15 is 0 Å². The molecule has 2 N–H and O–H groups in total. The Kier molecular flexibility index (Phi) is 4.79. The van der Waals surface area contributed by atoms with Crippen LogP contribution in [0.25, 0.3) is 11.1 Å². The van der Waals surface area contributed by atoms with Gasteiger partial charge in [0.05, 0.1) is 0 Å². The van der Waals surface area contributed by atoms with Crippen LogP contribution < -0.4 is 5.73 Å². The van der Waals surface area contributed by atoms with Crippen molar-refractivity contribution < 1.29 is 8.91 Å². The molecule has 5 nitrogen and oxygen atoms in total. The Labute approximate surface area is 145 Å². The van der Waals surface area contributed by atoms with Crippen molar-refractivity contribution >= 4 is 11.8 Å². The van der Waals surface area contributed by atoms with E-state index in [1.54, 1.807) is 31.1 Å². The van der Waals surface area contributed by atoms with Crippen molar-refractivity contribution in [2.24, 2.45) is 10.7 Å². The van der Waals surface area contributed by atoms with E-state index < -0.39 is 0 Å². The predicted octanol–water partition coefficient (Wildman–Crippen LogP) is 3.58. The summed E-state index contributed by atoms with van der Waals surface area (Å²) in [6.45, 7) is 0. The Morgan fingerprint density at radius 1 is 1.16 bits per heavy atom. The maximum Gasteiger partial charge on any atom is 0.198 e. The third-order valence-electron chi connectivity index (χ3n) is 3.73. The molecule has 128 valence electrons. The second-order valence-electron chi connectivity index (χ2n) is 5.87. The Bertz CT molecular complexity index is 887. The van der Waals surface area contributed by atoms with Gasteiger partial charge in [-0.15, -0.1) is 0 Å². The van der Waals surface area contributed by atoms with Crippen molar-refractivity contribution in [2.45, 2.75) is 6.42 Å². The number of rotatable bonds is 4. The summed E-state index contributed by atoms with van der Waals surface area (Å²) in [5.41, 5.74) is 7.97. The quantitative estimate of drug-likeness (QED) is 0.583. The molecule has 0 aliphatic heterocycles. The lowest BCUT2D eigenvalue weighted by Gasteiger charge is -2.08. The highest BCUT2D eigenvalue weighted by molar-refractivity contribution is 5.79. The van der Waals surface area contributed by atoms with E-state index in [1.165, 1.54) is 6.07 Å². The fourth-order valence-corrected chi connectivity index (χ4v) is 2.38. The smallest absolute Gasteiger partial charge is 0.198 e. The summed E-state index contributed by atoms with van der Waals surface area (Å²) >= 11 is 0. The van der Waals surface area contributed by atoms with Gasteiger partial charge in [-0.25, -0.2) is 4.39 Å². The number of guanidine groups is 1. The number of hydrogen-bond acceptors (Lipinski definition) is 3. The molecule has 0 fully saturated rings. The molecule has 6 heteroatoms. The highest BCUT2D eigenvalue weighted by atomic mass is 19.1. The van der Waals surface area contributed by atoms with E-state index in [4.69, 9.17) is 10.3 Å². The van der Waals surface area contributed by atoms with Crippen LogP contribution in [-0.2, 0) is 6.42 Å². The first kappa shape index (κ1) is 16.7. The van der Waals surface area contributed by atoms with Crippen molar-refractivity contribution in [1.29, 1.82) is 0 Å². The highest BCUT2D eigenvalue weighted by Crippen LogP contribution is 2.25. The molecule has 0 spiro atoms. The largest absolute Gasteiger partial charge is 0.369 e. The van der Waals surface area contributed by atoms with Gasteiger partial charge < -0.3 is 15.2 Å². The minimum Gasteiger partial charge on any atom is -0.369 e. The lowest BCUT2D eigenvalue weighted by atomic mass is 10.0. The van der Waals surface area contributed by atoms with E-state index in [-0.39, 0.29) is 5.82 Å². The van der Waals surface area contributed by atoms with E-state index in [1.807, 2.05) is 36.4 Å². The van der Waals surface area contributed by atoms with Gasteiger partial charge in [-0.3, -0.25) is 0 Å². The van der Waals surface area contributed by atoms with Crippen LogP contribution >= 0.6 is 0 Å². The number of nitrogens with zero attached hydrogens (tertiary/aromatic N) is 3. The molecule has 0 saturated heterocycles. The number of hydrogen-bond donors (Lipinski definition) is 1. The molecule has 3 aromatic rings. The molecule has 2 aromatic carbocycles. The van der Waals surface area contributed by atoms with E-state index in [9.17, 15) is 4.39 Å². The maximum absolute atomic E-state index is 14.4. The second-order valence-corrected chi connectivity index (χ2v) is 5.87. The summed E-state index contributed by atoms with van der Waals surface area (Å²) in [6, 6.07) is 16.3. The number of nitrogens with two attached hydrogens (primary N) is 1. The molecule has 0 unspecified atom stereocenters. The summed E-state index contributed by atoms with van der Waals surface area (Å²) in [4.78, 5) is 5.81. The van der Waals surface area contributed by atoms with Gasteiger partial charge >= 0.3 is 0 Å². The molecular weight excluding hydrogens is 319 g/mol. The molecule has 0 atom stereocenters. The first-order valence-corrected chi connectivity index (χ1v) is 7.84. The Hall–Kier alpha value is -3.15. The standard InChI is InChI=1S/C19H19FN4O/c1-24(2)19(21)22-18-12-15(25-23-18)10-13-8-9-16(17(20)11-13)14-6-4-3-5-7-14/h3-9,11-12H,10H2,1-2H3,(H2,21,22,23). The summed E-state index contributed by atoms with van der Waals surface area (Å²) < 4.78 is 19.7. The van der Waals surface area contributed by atoms with Gasteiger partial charge in [0.25, 0.3) is 0 Å². The van der Waals surface area contributed by atoms with Gasteiger partial charge in [-0.1, -0.05) is 47.6 Å². The fraction of sp³-hybridized carbons (Fsp3) is 0.158. The van der Waals surface area contributed by atoms with Crippen molar-refractivity contribution in [1.82, 2.24) is 10.1 Å². The fourth-order valence-electron chi connectivity index (χ4n) is 2.38. The van der Waals surface area contributed by atoms with Crippen LogP contribution in [-0.4, -0.2) is 30.1 Å². The van der Waals surface area contributed by atoms with Crippen molar-refractivity contribution in [3.63, 3.8) is 0 Å². The lowest BCUT2D eigenvalue weighted by Crippen LogP contribution is -2.29. The average Bonchev–Trinajstić information content (AvgIpc) is 3.02. The zero-order chi connectivity index (χ0) is 17.8. The number of benzene rings is 2. The summed E-state index contributed by atoms with van der Waals surface area (Å²) in [7, 11) is 3.58. The van der Waals surface area contributed by atoms with Crippen molar-refractivity contribution in [3.8, 4) is 11.1 Å². The van der Waals surface area contributed by atoms with E-state index in [2.05, 4.69) is 10.1 Å². The Morgan fingerprint density at radius 3 is 2.60 bits per heavy atom. The summed E-state index contributed by atoms with van der Waals surface area (Å²) in [5.74, 6) is 1.05. The molecule has 0 amide bonds. The zero-order valence-corrected chi connectivity index (χ0v) is 14.1. The normalized spacial score (nSPS) is 11.6.